The number of nitrogens with zero attached hydrogens (tertiary/aromatic N) is 1. The summed E-state index contributed by atoms with van der Waals surface area (Å²) >= 11 is 0. The lowest BCUT2D eigenvalue weighted by molar-refractivity contribution is 0.151. The second kappa shape index (κ2) is 5.92. The maximum atomic E-state index is 9.22. The third-order valence-electron chi connectivity index (χ3n) is 3.17. The summed E-state index contributed by atoms with van der Waals surface area (Å²) in [5, 5.41) is 24.0. The highest BCUT2D eigenvalue weighted by Crippen LogP contribution is 2.24. The molecule has 88 valence electrons. The van der Waals surface area contributed by atoms with Crippen LogP contribution in [0.1, 0.15) is 32.6 Å². The first-order valence-corrected chi connectivity index (χ1v) is 5.53. The van der Waals surface area contributed by atoms with Crippen molar-refractivity contribution in [3.05, 3.63) is 0 Å². The van der Waals surface area contributed by atoms with E-state index in [1.165, 1.54) is 12.8 Å². The zero-order valence-corrected chi connectivity index (χ0v) is 9.19. The van der Waals surface area contributed by atoms with Crippen molar-refractivity contribution in [1.29, 1.82) is 0 Å². The molecule has 0 saturated heterocycles. The van der Waals surface area contributed by atoms with Crippen molar-refractivity contribution in [2.45, 2.75) is 44.7 Å². The molecule has 1 fully saturated rings. The second-order valence-corrected chi connectivity index (χ2v) is 4.25. The molecule has 1 aliphatic carbocycles. The van der Waals surface area contributed by atoms with Crippen molar-refractivity contribution in [1.82, 2.24) is 5.32 Å². The van der Waals surface area contributed by atoms with E-state index in [1.807, 2.05) is 6.92 Å². The number of oxime groups is 1. The number of hydrogen-bond acceptors (Lipinski definition) is 4. The molecule has 5 nitrogen and oxygen atoms in total. The zero-order valence-electron chi connectivity index (χ0n) is 9.19. The van der Waals surface area contributed by atoms with E-state index < -0.39 is 0 Å². The van der Waals surface area contributed by atoms with Crippen LogP contribution in [-0.2, 0) is 0 Å². The Bertz CT molecular complexity index is 221. The number of rotatable bonds is 4. The second-order valence-electron chi connectivity index (χ2n) is 4.25. The van der Waals surface area contributed by atoms with Crippen molar-refractivity contribution in [3.63, 3.8) is 0 Å². The van der Waals surface area contributed by atoms with Crippen LogP contribution in [0.2, 0.25) is 0 Å². The smallest absolute Gasteiger partial charge is 0.156 e. The Morgan fingerprint density at radius 3 is 2.80 bits per heavy atom. The molecule has 15 heavy (non-hydrogen) atoms. The topological polar surface area (TPSA) is 90.9 Å². The van der Waals surface area contributed by atoms with E-state index in [-0.39, 0.29) is 24.5 Å². The minimum Gasteiger partial charge on any atom is -0.409 e. The van der Waals surface area contributed by atoms with Crippen molar-refractivity contribution in [2.24, 2.45) is 16.8 Å². The molecule has 1 saturated carbocycles. The summed E-state index contributed by atoms with van der Waals surface area (Å²) in [4.78, 5) is 0. The highest BCUT2D eigenvalue weighted by atomic mass is 16.4. The van der Waals surface area contributed by atoms with Gasteiger partial charge in [-0.2, -0.15) is 0 Å². The van der Waals surface area contributed by atoms with Gasteiger partial charge in [0.1, 0.15) is 0 Å². The van der Waals surface area contributed by atoms with E-state index in [0.717, 1.165) is 12.8 Å². The highest BCUT2D eigenvalue weighted by Gasteiger charge is 2.26. The first-order valence-electron chi connectivity index (χ1n) is 5.53. The van der Waals surface area contributed by atoms with E-state index in [1.54, 1.807) is 0 Å². The van der Waals surface area contributed by atoms with Crippen LogP contribution in [0.5, 0.6) is 0 Å². The predicted octanol–water partition coefficient (Wildman–Crippen LogP) is 0.262. The molecule has 0 spiro atoms. The fourth-order valence-corrected chi connectivity index (χ4v) is 2.14. The molecule has 5 heteroatoms. The number of aliphatic hydroxyl groups excluding tert-OH is 1. The fraction of sp³-hybridized carbons (Fsp3) is 0.900. The minimum atomic E-state index is -0.146. The van der Waals surface area contributed by atoms with Gasteiger partial charge >= 0.3 is 0 Å². The molecule has 1 rings (SSSR count). The maximum absolute atomic E-state index is 9.22. The first-order chi connectivity index (χ1) is 7.19. The molecule has 0 heterocycles. The van der Waals surface area contributed by atoms with E-state index in [9.17, 15) is 5.11 Å². The van der Waals surface area contributed by atoms with E-state index in [0.29, 0.717) is 5.92 Å². The molecule has 0 aliphatic heterocycles. The van der Waals surface area contributed by atoms with Crippen molar-refractivity contribution < 1.29 is 10.3 Å². The summed E-state index contributed by atoms with van der Waals surface area (Å²) in [5.41, 5.74) is 5.50. The Kier molecular flexibility index (Phi) is 4.84. The lowest BCUT2D eigenvalue weighted by Gasteiger charge is -2.32. The van der Waals surface area contributed by atoms with Gasteiger partial charge in [-0.3, -0.25) is 0 Å². The molecular weight excluding hydrogens is 194 g/mol. The molecular formula is C10H21N3O2. The van der Waals surface area contributed by atoms with E-state index in [2.05, 4.69) is 10.5 Å². The van der Waals surface area contributed by atoms with Crippen molar-refractivity contribution in [2.75, 3.05) is 6.61 Å². The monoisotopic (exact) mass is 215 g/mol. The highest BCUT2D eigenvalue weighted by molar-refractivity contribution is 5.84. The van der Waals surface area contributed by atoms with E-state index in [4.69, 9.17) is 10.9 Å². The van der Waals surface area contributed by atoms with Gasteiger partial charge in [0, 0.05) is 12.6 Å². The maximum Gasteiger partial charge on any atom is 0.156 e. The molecule has 1 aliphatic rings. The van der Waals surface area contributed by atoms with Crippen LogP contribution >= 0.6 is 0 Å². The first kappa shape index (κ1) is 12.3. The van der Waals surface area contributed by atoms with Gasteiger partial charge in [0.2, 0.25) is 0 Å². The Balaban J connectivity index is 2.47. The molecule has 5 N–H and O–H groups in total. The molecule has 0 radical (unpaired) electrons. The Labute approximate surface area is 90.3 Å². The molecule has 0 aromatic carbocycles. The third kappa shape index (κ3) is 3.35. The largest absolute Gasteiger partial charge is 0.409 e. The summed E-state index contributed by atoms with van der Waals surface area (Å²) in [6.45, 7) is 2.07. The summed E-state index contributed by atoms with van der Waals surface area (Å²) in [5.74, 6) is 0.491. The van der Waals surface area contributed by atoms with E-state index >= 15 is 0 Å². The number of amidine groups is 1. The van der Waals surface area contributed by atoms with Crippen molar-refractivity contribution >= 4 is 5.84 Å². The van der Waals surface area contributed by atoms with Gasteiger partial charge < -0.3 is 21.4 Å². The summed E-state index contributed by atoms with van der Waals surface area (Å²) in [7, 11) is 0. The summed E-state index contributed by atoms with van der Waals surface area (Å²) < 4.78 is 0. The van der Waals surface area contributed by atoms with Gasteiger partial charge in [-0.1, -0.05) is 18.0 Å². The molecule has 0 aromatic heterocycles. The third-order valence-corrected chi connectivity index (χ3v) is 3.17. The van der Waals surface area contributed by atoms with Gasteiger partial charge in [0.15, 0.2) is 5.84 Å². The van der Waals surface area contributed by atoms with Crippen molar-refractivity contribution in [3.8, 4) is 0 Å². The fourth-order valence-electron chi connectivity index (χ4n) is 2.14. The number of aliphatic hydroxyl groups is 1. The van der Waals surface area contributed by atoms with Crippen LogP contribution in [0.3, 0.4) is 0 Å². The molecule has 0 amide bonds. The molecule has 3 atom stereocenters. The van der Waals surface area contributed by atoms with Gasteiger partial charge in [0.25, 0.3) is 0 Å². The van der Waals surface area contributed by atoms with Crippen LogP contribution < -0.4 is 11.1 Å². The average Bonchev–Trinajstić information content (AvgIpc) is 2.28. The molecule has 0 aromatic rings. The lowest BCUT2D eigenvalue weighted by Crippen LogP contribution is -2.49. The van der Waals surface area contributed by atoms with Crippen LogP contribution in [0.15, 0.2) is 5.16 Å². The van der Waals surface area contributed by atoms with Gasteiger partial charge in [-0.25, -0.2) is 0 Å². The Hall–Kier alpha value is -0.810. The predicted molar refractivity (Wildman–Crippen MR) is 58.8 cm³/mol. The number of hydrogen-bond donors (Lipinski definition) is 4. The van der Waals surface area contributed by atoms with Gasteiger partial charge in [-0.15, -0.1) is 0 Å². The SMILES string of the molecule is CC(NC1CCCCC1CO)C(N)=NO. The van der Waals surface area contributed by atoms with Crippen LogP contribution in [-0.4, -0.2) is 34.8 Å². The summed E-state index contributed by atoms with van der Waals surface area (Å²) in [6.07, 6.45) is 4.46. The normalized spacial score (nSPS) is 30.1. The number of nitrogens with one attached hydrogen (secondary N) is 1. The molecule has 0 bridgehead atoms. The standard InChI is InChI=1S/C10H21N3O2/c1-7(10(11)13-15)12-9-5-3-2-4-8(9)6-14/h7-9,12,14-15H,2-6H2,1H3,(H2,11,13). The van der Waals surface area contributed by atoms with Gasteiger partial charge in [-0.05, 0) is 25.7 Å². The molecule has 3 unspecified atom stereocenters. The van der Waals surface area contributed by atoms with Crippen LogP contribution in [0.4, 0.5) is 0 Å². The van der Waals surface area contributed by atoms with Crippen LogP contribution in [0, 0.1) is 5.92 Å². The van der Waals surface area contributed by atoms with Gasteiger partial charge in [0.05, 0.1) is 6.04 Å². The quantitative estimate of drug-likeness (QED) is 0.234. The number of nitrogens with two attached hydrogens (primary N) is 1. The average molecular weight is 215 g/mol. The minimum absolute atomic E-state index is 0.146. The zero-order chi connectivity index (χ0) is 11.3. The van der Waals surface area contributed by atoms with Crippen LogP contribution in [0.25, 0.3) is 0 Å². The Morgan fingerprint density at radius 1 is 1.53 bits per heavy atom. The Morgan fingerprint density at radius 2 is 2.20 bits per heavy atom. The lowest BCUT2D eigenvalue weighted by atomic mass is 9.84. The summed E-state index contributed by atoms with van der Waals surface area (Å²) in [6, 6.07) is 0.131.